The fraction of sp³-hybridized carbons (Fsp3) is 0.440. The van der Waals surface area contributed by atoms with Crippen LogP contribution in [-0.4, -0.2) is 43.0 Å². The van der Waals surface area contributed by atoms with Crippen LogP contribution in [0.2, 0.25) is 0 Å². The SMILES string of the molecule is CCOc1ccc(C(=O)Nc2ccccc2C(=O)N2CC(C)CC(C)C2)cc1OCC. The monoisotopic (exact) mass is 424 g/mol. The van der Waals surface area contributed by atoms with Crippen LogP contribution in [0.25, 0.3) is 0 Å². The molecule has 0 spiro atoms. The highest BCUT2D eigenvalue weighted by atomic mass is 16.5. The van der Waals surface area contributed by atoms with Crippen LogP contribution in [0.1, 0.15) is 54.8 Å². The van der Waals surface area contributed by atoms with Crippen LogP contribution in [-0.2, 0) is 0 Å². The van der Waals surface area contributed by atoms with E-state index in [4.69, 9.17) is 9.47 Å². The molecule has 6 heteroatoms. The average molecular weight is 425 g/mol. The van der Waals surface area contributed by atoms with Gasteiger partial charge >= 0.3 is 0 Å². The van der Waals surface area contributed by atoms with E-state index in [1.165, 1.54) is 0 Å². The lowest BCUT2D eigenvalue weighted by molar-refractivity contribution is 0.0624. The summed E-state index contributed by atoms with van der Waals surface area (Å²) < 4.78 is 11.2. The number of hydrogen-bond acceptors (Lipinski definition) is 4. The molecule has 2 aromatic rings. The van der Waals surface area contributed by atoms with Crippen molar-refractivity contribution in [2.24, 2.45) is 11.8 Å². The van der Waals surface area contributed by atoms with E-state index in [1.807, 2.05) is 30.9 Å². The van der Waals surface area contributed by atoms with Crippen LogP contribution in [0.4, 0.5) is 5.69 Å². The molecular formula is C25H32N2O4. The van der Waals surface area contributed by atoms with Crippen molar-refractivity contribution in [3.8, 4) is 11.5 Å². The van der Waals surface area contributed by atoms with E-state index in [1.54, 1.807) is 30.3 Å². The third-order valence-electron chi connectivity index (χ3n) is 5.37. The minimum atomic E-state index is -0.301. The predicted octanol–water partition coefficient (Wildman–Crippen LogP) is 4.85. The summed E-state index contributed by atoms with van der Waals surface area (Å²) in [5.74, 6) is 1.72. The summed E-state index contributed by atoms with van der Waals surface area (Å²) in [6.45, 7) is 10.6. The number of ether oxygens (including phenoxy) is 2. The summed E-state index contributed by atoms with van der Waals surface area (Å²) in [7, 11) is 0. The number of carbonyl (C=O) groups excluding carboxylic acids is 2. The van der Waals surface area contributed by atoms with Crippen molar-refractivity contribution in [3.05, 3.63) is 53.6 Å². The lowest BCUT2D eigenvalue weighted by Gasteiger charge is -2.35. The highest BCUT2D eigenvalue weighted by Gasteiger charge is 2.27. The molecule has 6 nitrogen and oxygen atoms in total. The van der Waals surface area contributed by atoms with Crippen molar-refractivity contribution in [1.29, 1.82) is 0 Å². The van der Waals surface area contributed by atoms with Gasteiger partial charge in [-0.15, -0.1) is 0 Å². The topological polar surface area (TPSA) is 67.9 Å². The number of benzene rings is 2. The second-order valence-corrected chi connectivity index (χ2v) is 8.18. The Morgan fingerprint density at radius 2 is 1.61 bits per heavy atom. The van der Waals surface area contributed by atoms with Gasteiger partial charge in [0.2, 0.25) is 0 Å². The van der Waals surface area contributed by atoms with E-state index in [9.17, 15) is 9.59 Å². The Kier molecular flexibility index (Phi) is 7.55. The fourth-order valence-electron chi connectivity index (χ4n) is 4.16. The third kappa shape index (κ3) is 5.57. The van der Waals surface area contributed by atoms with Crippen LogP contribution in [0.15, 0.2) is 42.5 Å². The second-order valence-electron chi connectivity index (χ2n) is 8.18. The first-order chi connectivity index (χ1) is 14.9. The van der Waals surface area contributed by atoms with E-state index in [2.05, 4.69) is 19.2 Å². The smallest absolute Gasteiger partial charge is 0.255 e. The Labute approximate surface area is 184 Å². The number of carbonyl (C=O) groups is 2. The van der Waals surface area contributed by atoms with Crippen LogP contribution >= 0.6 is 0 Å². The molecule has 1 saturated heterocycles. The second kappa shape index (κ2) is 10.3. The molecule has 1 N–H and O–H groups in total. The molecule has 0 aliphatic carbocycles. The van der Waals surface area contributed by atoms with E-state index >= 15 is 0 Å². The molecule has 1 heterocycles. The molecule has 2 unspecified atom stereocenters. The predicted molar refractivity (Wildman–Crippen MR) is 122 cm³/mol. The summed E-state index contributed by atoms with van der Waals surface area (Å²) in [4.78, 5) is 28.1. The Bertz CT molecular complexity index is 917. The summed E-state index contributed by atoms with van der Waals surface area (Å²) in [5, 5.41) is 2.91. The molecule has 2 atom stereocenters. The maximum absolute atomic E-state index is 13.2. The van der Waals surface area contributed by atoms with Gasteiger partial charge in [0.15, 0.2) is 11.5 Å². The van der Waals surface area contributed by atoms with Gasteiger partial charge in [-0.2, -0.15) is 0 Å². The molecule has 0 aromatic heterocycles. The van der Waals surface area contributed by atoms with Crippen molar-refractivity contribution in [2.75, 3.05) is 31.6 Å². The third-order valence-corrected chi connectivity index (χ3v) is 5.37. The Balaban J connectivity index is 1.81. The van der Waals surface area contributed by atoms with E-state index in [0.29, 0.717) is 53.4 Å². The zero-order chi connectivity index (χ0) is 22.4. The molecule has 0 radical (unpaired) electrons. The van der Waals surface area contributed by atoms with E-state index < -0.39 is 0 Å². The van der Waals surface area contributed by atoms with Crippen molar-refractivity contribution >= 4 is 17.5 Å². The molecule has 1 aliphatic rings. The first-order valence-electron chi connectivity index (χ1n) is 11.0. The van der Waals surface area contributed by atoms with Gasteiger partial charge in [0.25, 0.3) is 11.8 Å². The maximum Gasteiger partial charge on any atom is 0.255 e. The number of amides is 2. The van der Waals surface area contributed by atoms with Crippen molar-refractivity contribution in [1.82, 2.24) is 4.90 Å². The van der Waals surface area contributed by atoms with Crippen molar-refractivity contribution < 1.29 is 19.1 Å². The highest BCUT2D eigenvalue weighted by molar-refractivity contribution is 6.09. The summed E-state index contributed by atoms with van der Waals surface area (Å²) in [6, 6.07) is 12.3. The van der Waals surface area contributed by atoms with E-state index in [0.717, 1.165) is 19.5 Å². The largest absolute Gasteiger partial charge is 0.490 e. The quantitative estimate of drug-likeness (QED) is 0.690. The van der Waals surface area contributed by atoms with Crippen LogP contribution in [0, 0.1) is 11.8 Å². The highest BCUT2D eigenvalue weighted by Crippen LogP contribution is 2.29. The van der Waals surface area contributed by atoms with Gasteiger partial charge < -0.3 is 19.7 Å². The van der Waals surface area contributed by atoms with Gasteiger partial charge in [0, 0.05) is 18.7 Å². The number of anilines is 1. The van der Waals surface area contributed by atoms with Crippen molar-refractivity contribution in [2.45, 2.75) is 34.1 Å². The zero-order valence-corrected chi connectivity index (χ0v) is 18.8. The molecule has 1 fully saturated rings. The number of piperidine rings is 1. The summed E-state index contributed by atoms with van der Waals surface area (Å²) in [6.07, 6.45) is 1.13. The molecule has 0 saturated carbocycles. The van der Waals surface area contributed by atoms with Gasteiger partial charge in [-0.05, 0) is 62.4 Å². The minimum absolute atomic E-state index is 0.0454. The first kappa shape index (κ1) is 22.7. The number of nitrogens with one attached hydrogen (secondary N) is 1. The normalized spacial score (nSPS) is 18.4. The standard InChI is InChI=1S/C25H32N2O4/c1-5-30-22-12-11-19(14-23(22)31-6-2)24(28)26-21-10-8-7-9-20(21)25(29)27-15-17(3)13-18(4)16-27/h7-12,14,17-18H,5-6,13,15-16H2,1-4H3,(H,26,28). The van der Waals surface area contributed by atoms with Gasteiger partial charge in [0.1, 0.15) is 0 Å². The lowest BCUT2D eigenvalue weighted by atomic mass is 9.91. The molecule has 166 valence electrons. The summed E-state index contributed by atoms with van der Waals surface area (Å²) in [5.41, 5.74) is 1.46. The average Bonchev–Trinajstić information content (AvgIpc) is 2.74. The lowest BCUT2D eigenvalue weighted by Crippen LogP contribution is -2.42. The molecule has 1 aliphatic heterocycles. The molecule has 0 bridgehead atoms. The number of hydrogen-bond donors (Lipinski definition) is 1. The molecule has 3 rings (SSSR count). The number of likely N-dealkylation sites (tertiary alicyclic amines) is 1. The van der Waals surface area contributed by atoms with Crippen LogP contribution in [0.5, 0.6) is 11.5 Å². The van der Waals surface area contributed by atoms with Gasteiger partial charge in [-0.3, -0.25) is 9.59 Å². The number of para-hydroxylation sites is 1. The van der Waals surface area contributed by atoms with Crippen LogP contribution in [0.3, 0.4) is 0 Å². The zero-order valence-electron chi connectivity index (χ0n) is 18.8. The first-order valence-corrected chi connectivity index (χ1v) is 11.0. The van der Waals surface area contributed by atoms with Crippen molar-refractivity contribution in [3.63, 3.8) is 0 Å². The molecule has 2 amide bonds. The fourth-order valence-corrected chi connectivity index (χ4v) is 4.16. The van der Waals surface area contributed by atoms with Crippen LogP contribution < -0.4 is 14.8 Å². The minimum Gasteiger partial charge on any atom is -0.490 e. The summed E-state index contributed by atoms with van der Waals surface area (Å²) >= 11 is 0. The number of rotatable bonds is 7. The van der Waals surface area contributed by atoms with Gasteiger partial charge in [-0.1, -0.05) is 26.0 Å². The Morgan fingerprint density at radius 3 is 2.29 bits per heavy atom. The Hall–Kier alpha value is -3.02. The molecule has 31 heavy (non-hydrogen) atoms. The maximum atomic E-state index is 13.2. The van der Waals surface area contributed by atoms with Gasteiger partial charge in [0.05, 0.1) is 24.5 Å². The number of nitrogens with zero attached hydrogens (tertiary/aromatic N) is 1. The molecule has 2 aromatic carbocycles. The van der Waals surface area contributed by atoms with E-state index in [-0.39, 0.29) is 11.8 Å². The Morgan fingerprint density at radius 1 is 0.968 bits per heavy atom. The molecular weight excluding hydrogens is 392 g/mol. The van der Waals surface area contributed by atoms with Gasteiger partial charge in [-0.25, -0.2) is 0 Å².